The normalized spacial score (nSPS) is 21.3. The molecule has 0 N–H and O–H groups in total. The van der Waals surface area contributed by atoms with Crippen LogP contribution in [0, 0.1) is 0 Å². The van der Waals surface area contributed by atoms with Gasteiger partial charge in [0, 0.05) is 0 Å². The minimum absolute atomic E-state index is 0.163. The molecule has 0 atom stereocenters. The molecule has 0 aliphatic carbocycles. The monoisotopic (exact) mass is 249 g/mol. The molecule has 0 radical (unpaired) electrons. The van der Waals surface area contributed by atoms with Gasteiger partial charge >= 0.3 is 92.9 Å². The van der Waals surface area contributed by atoms with Gasteiger partial charge in [-0.15, -0.1) is 0 Å². The first-order valence-corrected chi connectivity index (χ1v) is 7.34. The molecule has 1 aliphatic heterocycles. The first kappa shape index (κ1) is 11.9. The Balaban J connectivity index is 2.33. The Hall–Kier alpha value is -0.600. The van der Waals surface area contributed by atoms with Crippen LogP contribution in [0.1, 0.15) is 19.3 Å². The van der Waals surface area contributed by atoms with Gasteiger partial charge in [0.1, 0.15) is 0 Å². The van der Waals surface area contributed by atoms with E-state index >= 15 is 0 Å². The summed E-state index contributed by atoms with van der Waals surface area (Å²) >= 11 is 0. The van der Waals surface area contributed by atoms with Crippen molar-refractivity contribution in [1.29, 1.82) is 0 Å². The first-order chi connectivity index (χ1) is 7.49. The maximum absolute atomic E-state index is 14.1. The van der Waals surface area contributed by atoms with Crippen LogP contribution in [0.3, 0.4) is 0 Å². The molecule has 90 valence electrons. The first-order valence-electron chi connectivity index (χ1n) is 5.47. The number of nitrogens with zero attached hydrogens (tertiary/aromatic N) is 1. The molecule has 0 amide bonds. The van der Waals surface area contributed by atoms with Crippen LogP contribution in [0.5, 0.6) is 0 Å². The Morgan fingerprint density at radius 3 is 2.00 bits per heavy atom. The number of hydrogen-bond acceptors (Lipinski definition) is 1. The second-order valence-electron chi connectivity index (χ2n) is 4.12. The molecule has 1 heterocycles. The molecule has 1 saturated heterocycles. The van der Waals surface area contributed by atoms with Crippen LogP contribution in [0.2, 0.25) is 0 Å². The van der Waals surface area contributed by atoms with Gasteiger partial charge in [-0.3, -0.25) is 0 Å². The molecule has 1 aliphatic rings. The average molecular weight is 249 g/mol. The average Bonchev–Trinajstić information content (AvgIpc) is 2.31. The van der Waals surface area contributed by atoms with Gasteiger partial charge in [0.15, 0.2) is 0 Å². The maximum atomic E-state index is 14.1. The molecule has 5 heteroatoms. The van der Waals surface area contributed by atoms with Crippen molar-refractivity contribution in [3.8, 4) is 0 Å². The van der Waals surface area contributed by atoms with E-state index < -0.39 is 13.0 Å². The van der Waals surface area contributed by atoms with Crippen molar-refractivity contribution in [1.82, 2.24) is 4.67 Å². The van der Waals surface area contributed by atoms with E-state index in [2.05, 4.69) is 0 Å². The molecule has 1 aromatic rings. The molecule has 0 aromatic heterocycles. The van der Waals surface area contributed by atoms with E-state index in [1.165, 1.54) is 24.3 Å². The predicted molar refractivity (Wildman–Crippen MR) is 61.7 cm³/mol. The van der Waals surface area contributed by atoms with Crippen LogP contribution < -0.4 is 5.30 Å². The van der Waals surface area contributed by atoms with Crippen molar-refractivity contribution in [3.05, 3.63) is 30.3 Å². The van der Waals surface area contributed by atoms with Crippen LogP contribution in [0.4, 0.5) is 12.6 Å². The molecule has 1 nitrogen and oxygen atoms in total. The fourth-order valence-electron chi connectivity index (χ4n) is 2.03. The molecule has 0 bridgehead atoms. The second-order valence-corrected chi connectivity index (χ2v) is 6.75. The molecule has 1 fully saturated rings. The molecule has 0 spiro atoms. The van der Waals surface area contributed by atoms with E-state index in [4.69, 9.17) is 0 Å². The zero-order valence-corrected chi connectivity index (χ0v) is 9.85. The van der Waals surface area contributed by atoms with E-state index in [0.717, 1.165) is 11.1 Å². The fourth-order valence-corrected chi connectivity index (χ4v) is 3.94. The van der Waals surface area contributed by atoms with Crippen molar-refractivity contribution >= 4 is 13.0 Å². The van der Waals surface area contributed by atoms with Crippen molar-refractivity contribution in [2.24, 2.45) is 0 Å². The minimum atomic E-state index is -6.32. The number of piperidine rings is 1. The predicted octanol–water partition coefficient (Wildman–Crippen LogP) is 3.92. The zero-order chi connectivity index (χ0) is 11.7. The van der Waals surface area contributed by atoms with Crippen molar-refractivity contribution in [3.63, 3.8) is 0 Å². The molecule has 0 saturated carbocycles. The molecule has 2 rings (SSSR count). The summed E-state index contributed by atoms with van der Waals surface area (Å²) in [5, 5.41) is -0.449. The van der Waals surface area contributed by atoms with Crippen molar-refractivity contribution in [2.45, 2.75) is 19.3 Å². The Morgan fingerprint density at radius 2 is 1.44 bits per heavy atom. The quantitative estimate of drug-likeness (QED) is 0.718. The zero-order valence-electron chi connectivity index (χ0n) is 8.95. The Bertz CT molecular complexity index is 354. The third-order valence-corrected chi connectivity index (χ3v) is 5.40. The summed E-state index contributed by atoms with van der Waals surface area (Å²) in [4.78, 5) is 0. The van der Waals surface area contributed by atoms with Gasteiger partial charge in [-0.1, -0.05) is 0 Å². The van der Waals surface area contributed by atoms with E-state index in [-0.39, 0.29) is 13.1 Å². The summed E-state index contributed by atoms with van der Waals surface area (Å²) in [7, 11) is -6.32. The standard InChI is InChI=1S/C11H15F3NP/c12-16(13,14,11-7-3-1-4-8-11)15-9-5-2-6-10-15/h1,3-4,7-8H,2,5-6,9-10H2. The number of rotatable bonds is 2. The number of benzene rings is 1. The van der Waals surface area contributed by atoms with Crippen LogP contribution >= 0.6 is 7.69 Å². The van der Waals surface area contributed by atoms with E-state index in [1.54, 1.807) is 6.07 Å². The SMILES string of the molecule is FP(F)(F)(c1ccccc1)N1CCCCC1. The van der Waals surface area contributed by atoms with Crippen LogP contribution in [-0.2, 0) is 0 Å². The van der Waals surface area contributed by atoms with Crippen LogP contribution in [0.15, 0.2) is 30.3 Å². The third kappa shape index (κ3) is 2.09. The summed E-state index contributed by atoms with van der Waals surface area (Å²) < 4.78 is 43.1. The van der Waals surface area contributed by atoms with Gasteiger partial charge in [-0.2, -0.15) is 0 Å². The molecule has 16 heavy (non-hydrogen) atoms. The summed E-state index contributed by atoms with van der Waals surface area (Å²) in [5.41, 5.74) is 0. The molecule has 0 unspecified atom stereocenters. The summed E-state index contributed by atoms with van der Waals surface area (Å²) in [6.45, 7) is 0.326. The van der Waals surface area contributed by atoms with Gasteiger partial charge in [-0.25, -0.2) is 0 Å². The Morgan fingerprint density at radius 1 is 0.875 bits per heavy atom. The van der Waals surface area contributed by atoms with Gasteiger partial charge in [0.25, 0.3) is 0 Å². The topological polar surface area (TPSA) is 3.24 Å². The van der Waals surface area contributed by atoms with E-state index in [9.17, 15) is 12.6 Å². The molecular formula is C11H15F3NP. The van der Waals surface area contributed by atoms with Crippen molar-refractivity contribution < 1.29 is 12.6 Å². The van der Waals surface area contributed by atoms with Crippen LogP contribution in [-0.4, -0.2) is 17.8 Å². The van der Waals surface area contributed by atoms with E-state index in [1.807, 2.05) is 0 Å². The summed E-state index contributed by atoms with van der Waals surface area (Å²) in [5.74, 6) is 0. The van der Waals surface area contributed by atoms with Crippen LogP contribution in [0.25, 0.3) is 0 Å². The summed E-state index contributed by atoms with van der Waals surface area (Å²) in [6, 6.07) is 6.91. The Kier molecular flexibility index (Phi) is 2.97. The van der Waals surface area contributed by atoms with Gasteiger partial charge < -0.3 is 0 Å². The second kappa shape index (κ2) is 4.01. The third-order valence-electron chi connectivity index (χ3n) is 2.96. The van der Waals surface area contributed by atoms with Gasteiger partial charge in [0.05, 0.1) is 0 Å². The fraction of sp³-hybridized carbons (Fsp3) is 0.455. The Labute approximate surface area is 93.6 Å². The molecule has 1 aromatic carbocycles. The van der Waals surface area contributed by atoms with Gasteiger partial charge in [-0.05, 0) is 0 Å². The van der Waals surface area contributed by atoms with E-state index in [0.29, 0.717) is 12.8 Å². The summed E-state index contributed by atoms with van der Waals surface area (Å²) in [6.07, 6.45) is 2.22. The van der Waals surface area contributed by atoms with Gasteiger partial charge in [0.2, 0.25) is 0 Å². The van der Waals surface area contributed by atoms with Crippen molar-refractivity contribution in [2.75, 3.05) is 13.1 Å². The number of halogens is 3. The molecular weight excluding hydrogens is 234 g/mol. The number of hydrogen-bond donors (Lipinski definition) is 0.